The molecule has 0 fully saturated rings. The molecule has 0 aliphatic rings. The minimum atomic E-state index is -0.205. The van der Waals surface area contributed by atoms with Gasteiger partial charge in [0.15, 0.2) is 0 Å². The van der Waals surface area contributed by atoms with E-state index >= 15 is 0 Å². The molecule has 2 rings (SSSR count). The number of nitrogens with zero attached hydrogens (tertiary/aromatic N) is 2. The SMILES string of the molecule is CCCNC(=O)c1ccnc(Nc2cc(C)ccc2OC)n1. The molecule has 0 saturated heterocycles. The monoisotopic (exact) mass is 300 g/mol. The van der Waals surface area contributed by atoms with Crippen LogP contribution in [-0.4, -0.2) is 29.5 Å². The van der Waals surface area contributed by atoms with E-state index in [1.807, 2.05) is 32.0 Å². The van der Waals surface area contributed by atoms with Gasteiger partial charge in [-0.3, -0.25) is 4.79 Å². The average Bonchev–Trinajstić information content (AvgIpc) is 2.53. The molecular formula is C16H20N4O2. The summed E-state index contributed by atoms with van der Waals surface area (Å²) < 4.78 is 5.31. The fraction of sp³-hybridized carbons (Fsp3) is 0.312. The van der Waals surface area contributed by atoms with Crippen LogP contribution in [-0.2, 0) is 0 Å². The van der Waals surface area contributed by atoms with Crippen LogP contribution < -0.4 is 15.4 Å². The minimum Gasteiger partial charge on any atom is -0.495 e. The third-order valence-corrected chi connectivity index (χ3v) is 3.03. The molecule has 0 unspecified atom stereocenters. The van der Waals surface area contributed by atoms with Crippen LogP contribution in [0.3, 0.4) is 0 Å². The summed E-state index contributed by atoms with van der Waals surface area (Å²) in [6.07, 6.45) is 2.43. The number of carbonyl (C=O) groups is 1. The van der Waals surface area contributed by atoms with Crippen molar-refractivity contribution in [3.05, 3.63) is 41.7 Å². The van der Waals surface area contributed by atoms with Crippen LogP contribution in [0.1, 0.15) is 29.4 Å². The van der Waals surface area contributed by atoms with Crippen molar-refractivity contribution in [1.29, 1.82) is 0 Å². The fourth-order valence-corrected chi connectivity index (χ4v) is 1.91. The van der Waals surface area contributed by atoms with Crippen molar-refractivity contribution in [3.8, 4) is 5.75 Å². The topological polar surface area (TPSA) is 76.1 Å². The molecule has 0 radical (unpaired) electrons. The first-order chi connectivity index (χ1) is 10.6. The highest BCUT2D eigenvalue weighted by molar-refractivity contribution is 5.92. The second kappa shape index (κ2) is 7.40. The van der Waals surface area contributed by atoms with Crippen LogP contribution in [0, 0.1) is 6.92 Å². The predicted molar refractivity (Wildman–Crippen MR) is 85.7 cm³/mol. The van der Waals surface area contributed by atoms with E-state index in [-0.39, 0.29) is 5.91 Å². The normalized spacial score (nSPS) is 10.1. The van der Waals surface area contributed by atoms with Gasteiger partial charge in [0.1, 0.15) is 11.4 Å². The van der Waals surface area contributed by atoms with Crippen molar-refractivity contribution in [1.82, 2.24) is 15.3 Å². The molecular weight excluding hydrogens is 280 g/mol. The number of benzene rings is 1. The highest BCUT2D eigenvalue weighted by atomic mass is 16.5. The Balaban J connectivity index is 2.20. The van der Waals surface area contributed by atoms with Crippen LogP contribution in [0.2, 0.25) is 0 Å². The zero-order valence-electron chi connectivity index (χ0n) is 13.0. The first-order valence-corrected chi connectivity index (χ1v) is 7.17. The molecule has 6 nitrogen and oxygen atoms in total. The lowest BCUT2D eigenvalue weighted by Gasteiger charge is -2.11. The molecule has 0 atom stereocenters. The molecule has 6 heteroatoms. The van der Waals surface area contributed by atoms with Crippen molar-refractivity contribution >= 4 is 17.5 Å². The molecule has 0 bridgehead atoms. The first kappa shape index (κ1) is 15.8. The van der Waals surface area contributed by atoms with Gasteiger partial charge < -0.3 is 15.4 Å². The first-order valence-electron chi connectivity index (χ1n) is 7.17. The van der Waals surface area contributed by atoms with Crippen molar-refractivity contribution in [2.24, 2.45) is 0 Å². The number of aromatic nitrogens is 2. The molecule has 22 heavy (non-hydrogen) atoms. The summed E-state index contributed by atoms with van der Waals surface area (Å²) >= 11 is 0. The van der Waals surface area contributed by atoms with E-state index in [1.54, 1.807) is 19.4 Å². The maximum absolute atomic E-state index is 11.9. The smallest absolute Gasteiger partial charge is 0.270 e. The Kier molecular flexibility index (Phi) is 5.30. The summed E-state index contributed by atoms with van der Waals surface area (Å²) in [4.78, 5) is 20.3. The van der Waals surface area contributed by atoms with E-state index in [0.717, 1.165) is 17.7 Å². The van der Waals surface area contributed by atoms with Crippen LogP contribution in [0.4, 0.5) is 11.6 Å². The number of ether oxygens (including phenoxy) is 1. The van der Waals surface area contributed by atoms with Gasteiger partial charge in [0, 0.05) is 12.7 Å². The Morgan fingerprint density at radius 1 is 1.32 bits per heavy atom. The largest absolute Gasteiger partial charge is 0.495 e. The molecule has 0 saturated carbocycles. The Morgan fingerprint density at radius 2 is 2.14 bits per heavy atom. The highest BCUT2D eigenvalue weighted by Gasteiger charge is 2.10. The summed E-state index contributed by atoms with van der Waals surface area (Å²) in [6.45, 7) is 4.61. The maximum atomic E-state index is 11.9. The number of nitrogens with one attached hydrogen (secondary N) is 2. The molecule has 2 N–H and O–H groups in total. The number of hydrogen-bond acceptors (Lipinski definition) is 5. The Labute approximate surface area is 129 Å². The van der Waals surface area contributed by atoms with Gasteiger partial charge in [0.2, 0.25) is 5.95 Å². The lowest BCUT2D eigenvalue weighted by Crippen LogP contribution is -2.25. The lowest BCUT2D eigenvalue weighted by atomic mass is 10.2. The van der Waals surface area contributed by atoms with E-state index in [9.17, 15) is 4.79 Å². The number of rotatable bonds is 6. The number of carbonyl (C=O) groups excluding carboxylic acids is 1. The van der Waals surface area contributed by atoms with E-state index < -0.39 is 0 Å². The van der Waals surface area contributed by atoms with Gasteiger partial charge >= 0.3 is 0 Å². The maximum Gasteiger partial charge on any atom is 0.270 e. The number of hydrogen-bond donors (Lipinski definition) is 2. The minimum absolute atomic E-state index is 0.205. The van der Waals surface area contributed by atoms with E-state index in [0.29, 0.717) is 23.9 Å². The van der Waals surface area contributed by atoms with E-state index in [4.69, 9.17) is 4.74 Å². The van der Waals surface area contributed by atoms with Gasteiger partial charge in [-0.25, -0.2) is 9.97 Å². The van der Waals surface area contributed by atoms with Crippen molar-refractivity contribution in [3.63, 3.8) is 0 Å². The Bertz CT molecular complexity index is 658. The quantitative estimate of drug-likeness (QED) is 0.857. The summed E-state index contributed by atoms with van der Waals surface area (Å²) in [5, 5.41) is 5.88. The van der Waals surface area contributed by atoms with Crippen molar-refractivity contribution in [2.45, 2.75) is 20.3 Å². The molecule has 1 heterocycles. The predicted octanol–water partition coefficient (Wildman–Crippen LogP) is 2.68. The summed E-state index contributed by atoms with van der Waals surface area (Å²) in [5.74, 6) is 0.839. The standard InChI is InChI=1S/C16H20N4O2/c1-4-8-17-15(21)12-7-9-18-16(19-12)20-13-10-11(2)5-6-14(13)22-3/h5-7,9-10H,4,8H2,1-3H3,(H,17,21)(H,18,19,20). The van der Waals surface area contributed by atoms with Crippen molar-refractivity contribution < 1.29 is 9.53 Å². The van der Waals surface area contributed by atoms with Crippen molar-refractivity contribution in [2.75, 3.05) is 19.0 Å². The lowest BCUT2D eigenvalue weighted by molar-refractivity contribution is 0.0948. The van der Waals surface area contributed by atoms with E-state index in [1.165, 1.54) is 0 Å². The number of aryl methyl sites for hydroxylation is 1. The van der Waals surface area contributed by atoms with Gasteiger partial charge in [-0.15, -0.1) is 0 Å². The molecule has 2 aromatic rings. The molecule has 1 aromatic carbocycles. The highest BCUT2D eigenvalue weighted by Crippen LogP contribution is 2.27. The van der Waals surface area contributed by atoms with Crippen LogP contribution >= 0.6 is 0 Å². The zero-order chi connectivity index (χ0) is 15.9. The summed E-state index contributed by atoms with van der Waals surface area (Å²) in [5.41, 5.74) is 2.17. The second-order valence-electron chi connectivity index (χ2n) is 4.85. The third kappa shape index (κ3) is 3.94. The Hall–Kier alpha value is -2.63. The average molecular weight is 300 g/mol. The second-order valence-corrected chi connectivity index (χ2v) is 4.85. The zero-order valence-corrected chi connectivity index (χ0v) is 13.0. The van der Waals surface area contributed by atoms with Gasteiger partial charge in [0.05, 0.1) is 12.8 Å². The third-order valence-electron chi connectivity index (χ3n) is 3.03. The molecule has 116 valence electrons. The summed E-state index contributed by atoms with van der Waals surface area (Å²) in [6, 6.07) is 7.35. The van der Waals surface area contributed by atoms with E-state index in [2.05, 4.69) is 20.6 Å². The molecule has 1 aromatic heterocycles. The molecule has 0 aliphatic heterocycles. The summed E-state index contributed by atoms with van der Waals surface area (Å²) in [7, 11) is 1.60. The van der Waals surface area contributed by atoms with Crippen LogP contribution in [0.15, 0.2) is 30.5 Å². The number of methoxy groups -OCH3 is 1. The fourth-order valence-electron chi connectivity index (χ4n) is 1.91. The van der Waals surface area contributed by atoms with Gasteiger partial charge in [-0.05, 0) is 37.1 Å². The number of amides is 1. The van der Waals surface area contributed by atoms with Crippen LogP contribution in [0.5, 0.6) is 5.75 Å². The number of anilines is 2. The Morgan fingerprint density at radius 3 is 2.86 bits per heavy atom. The molecule has 0 aliphatic carbocycles. The van der Waals surface area contributed by atoms with Gasteiger partial charge in [0.25, 0.3) is 5.91 Å². The van der Waals surface area contributed by atoms with Gasteiger partial charge in [-0.1, -0.05) is 13.0 Å². The molecule has 0 spiro atoms. The van der Waals surface area contributed by atoms with Crippen LogP contribution in [0.25, 0.3) is 0 Å². The van der Waals surface area contributed by atoms with Gasteiger partial charge in [-0.2, -0.15) is 0 Å². The molecule has 1 amide bonds.